The van der Waals surface area contributed by atoms with E-state index in [0.29, 0.717) is 5.92 Å². The molecule has 0 saturated heterocycles. The number of hydrogen-bond acceptors (Lipinski definition) is 3. The van der Waals surface area contributed by atoms with Gasteiger partial charge >= 0.3 is 0 Å². The number of methoxy groups -OCH3 is 1. The average Bonchev–Trinajstić information content (AvgIpc) is 2.39. The molecule has 0 amide bonds. The number of hydrogen-bond donors (Lipinski definition) is 1. The van der Waals surface area contributed by atoms with Crippen LogP contribution in [-0.2, 0) is 14.3 Å². The molecule has 4 heteroatoms. The molecule has 1 aliphatic rings. The quantitative estimate of drug-likeness (QED) is 0.623. The van der Waals surface area contributed by atoms with E-state index in [1.807, 2.05) is 0 Å². The second-order valence-electron chi connectivity index (χ2n) is 4.61. The number of aldehydes is 1. The van der Waals surface area contributed by atoms with E-state index < -0.39 is 0 Å². The normalized spacial score (nSPS) is 21.7. The Morgan fingerprint density at radius 2 is 1.72 bits per heavy atom. The van der Waals surface area contributed by atoms with Gasteiger partial charge in [-0.2, -0.15) is 0 Å². The summed E-state index contributed by atoms with van der Waals surface area (Å²) in [7, 11) is 1.73. The van der Waals surface area contributed by atoms with Crippen LogP contribution in [0.2, 0.25) is 0 Å². The van der Waals surface area contributed by atoms with Crippen molar-refractivity contribution in [1.29, 1.82) is 0 Å². The summed E-state index contributed by atoms with van der Waals surface area (Å²) in [5, 5.41) is 6.89. The number of ether oxygens (including phenoxy) is 1. The van der Waals surface area contributed by atoms with Gasteiger partial charge in [0.25, 0.3) is 6.47 Å². The van der Waals surface area contributed by atoms with E-state index in [1.54, 1.807) is 7.11 Å². The molecule has 0 aliphatic heterocycles. The second-order valence-corrected chi connectivity index (χ2v) is 4.61. The van der Waals surface area contributed by atoms with Gasteiger partial charge in [0.15, 0.2) is 0 Å². The molecule has 108 valence electrons. The molecule has 1 aliphatic carbocycles. The van der Waals surface area contributed by atoms with Crippen LogP contribution in [0.15, 0.2) is 0 Å². The van der Waals surface area contributed by atoms with Crippen LogP contribution in [0.4, 0.5) is 0 Å². The van der Waals surface area contributed by atoms with E-state index in [1.165, 1.54) is 25.7 Å². The van der Waals surface area contributed by atoms with E-state index in [2.05, 4.69) is 13.8 Å². The molecular formula is C14H28O4. The lowest BCUT2D eigenvalue weighted by Crippen LogP contribution is -2.12. The van der Waals surface area contributed by atoms with Crippen LogP contribution in [0.25, 0.3) is 0 Å². The van der Waals surface area contributed by atoms with Crippen molar-refractivity contribution in [3.8, 4) is 0 Å². The van der Waals surface area contributed by atoms with Gasteiger partial charge in [0.2, 0.25) is 0 Å². The Balaban J connectivity index is 0. The minimum atomic E-state index is -0.250. The maximum atomic E-state index is 10.3. The summed E-state index contributed by atoms with van der Waals surface area (Å²) in [4.78, 5) is 18.6. The summed E-state index contributed by atoms with van der Waals surface area (Å²) < 4.78 is 4.78. The molecule has 18 heavy (non-hydrogen) atoms. The molecule has 1 fully saturated rings. The lowest BCUT2D eigenvalue weighted by molar-refractivity contribution is -0.122. The number of rotatable bonds is 4. The summed E-state index contributed by atoms with van der Waals surface area (Å²) in [6.45, 7) is 5.08. The first kappa shape index (κ1) is 19.4. The van der Waals surface area contributed by atoms with E-state index >= 15 is 0 Å². The molecule has 0 bridgehead atoms. The van der Waals surface area contributed by atoms with Crippen LogP contribution >= 0.6 is 0 Å². The molecule has 0 aromatic rings. The predicted molar refractivity (Wildman–Crippen MR) is 72.7 cm³/mol. The Kier molecular flexibility index (Phi) is 17.4. The zero-order chi connectivity index (χ0) is 14.2. The van der Waals surface area contributed by atoms with E-state index in [-0.39, 0.29) is 6.47 Å². The van der Waals surface area contributed by atoms with Crippen molar-refractivity contribution in [2.45, 2.75) is 52.4 Å². The van der Waals surface area contributed by atoms with Crippen molar-refractivity contribution >= 4 is 12.8 Å². The lowest BCUT2D eigenvalue weighted by Gasteiger charge is -2.21. The third-order valence-electron chi connectivity index (χ3n) is 2.95. The van der Waals surface area contributed by atoms with Crippen molar-refractivity contribution in [3.05, 3.63) is 0 Å². The molecule has 0 aromatic carbocycles. The van der Waals surface area contributed by atoms with Gasteiger partial charge in [-0.3, -0.25) is 4.79 Å². The molecule has 4 nitrogen and oxygen atoms in total. The van der Waals surface area contributed by atoms with E-state index in [4.69, 9.17) is 14.6 Å². The monoisotopic (exact) mass is 260 g/mol. The van der Waals surface area contributed by atoms with Gasteiger partial charge < -0.3 is 14.6 Å². The summed E-state index contributed by atoms with van der Waals surface area (Å²) in [6, 6.07) is 0. The van der Waals surface area contributed by atoms with E-state index in [0.717, 1.165) is 31.7 Å². The first-order chi connectivity index (χ1) is 8.65. The molecule has 0 heterocycles. The minimum absolute atomic E-state index is 0.250. The fraction of sp³-hybridized carbons (Fsp3) is 0.857. The number of unbranched alkanes of at least 4 members (excludes halogenated alkanes) is 1. The molecular weight excluding hydrogens is 232 g/mol. The van der Waals surface area contributed by atoms with Crippen molar-refractivity contribution in [1.82, 2.24) is 0 Å². The number of carboxylic acid groups (broad SMARTS) is 1. The fourth-order valence-corrected chi connectivity index (χ4v) is 1.71. The van der Waals surface area contributed by atoms with Gasteiger partial charge in [-0.25, -0.2) is 0 Å². The van der Waals surface area contributed by atoms with Crippen LogP contribution in [-0.4, -0.2) is 31.6 Å². The Morgan fingerprint density at radius 3 is 2.00 bits per heavy atom. The Morgan fingerprint density at radius 1 is 1.22 bits per heavy atom. The highest BCUT2D eigenvalue weighted by molar-refractivity contribution is 5.53. The Hall–Kier alpha value is -0.900. The van der Waals surface area contributed by atoms with Crippen molar-refractivity contribution in [2.24, 2.45) is 11.8 Å². The Labute approximate surface area is 111 Å². The standard InChI is InChI=1S/C8H14O.C5H12O.CH2O2/c1-7-2-4-8(6-9)5-3-7;1-3-4-5-6-2;2-1-3/h6-8H,2-5H2,1H3;3-5H2,1-2H3;1H,(H,2,3). The Bertz CT molecular complexity index is 171. The predicted octanol–water partition coefficient (Wildman–Crippen LogP) is 3.15. The summed E-state index contributed by atoms with van der Waals surface area (Å²) >= 11 is 0. The van der Waals surface area contributed by atoms with Gasteiger partial charge in [-0.15, -0.1) is 0 Å². The smallest absolute Gasteiger partial charge is 0.290 e. The highest BCUT2D eigenvalue weighted by Gasteiger charge is 2.16. The van der Waals surface area contributed by atoms with Crippen LogP contribution in [0, 0.1) is 11.8 Å². The van der Waals surface area contributed by atoms with Crippen LogP contribution in [0.3, 0.4) is 0 Å². The zero-order valence-corrected chi connectivity index (χ0v) is 11.9. The SMILES string of the molecule is CC1CCC(C=O)CC1.CCCCOC.O=CO. The van der Waals surface area contributed by atoms with Gasteiger partial charge in [0, 0.05) is 19.6 Å². The maximum Gasteiger partial charge on any atom is 0.290 e. The largest absolute Gasteiger partial charge is 0.483 e. The van der Waals surface area contributed by atoms with E-state index in [9.17, 15) is 4.79 Å². The summed E-state index contributed by atoms with van der Waals surface area (Å²) in [6.07, 6.45) is 8.30. The summed E-state index contributed by atoms with van der Waals surface area (Å²) in [5.74, 6) is 1.25. The third kappa shape index (κ3) is 15.1. The number of carbonyl (C=O) groups is 2. The minimum Gasteiger partial charge on any atom is -0.483 e. The van der Waals surface area contributed by atoms with Crippen LogP contribution < -0.4 is 0 Å². The molecule has 1 N–H and O–H groups in total. The average molecular weight is 260 g/mol. The van der Waals surface area contributed by atoms with Crippen molar-refractivity contribution < 1.29 is 19.4 Å². The van der Waals surface area contributed by atoms with Crippen LogP contribution in [0.1, 0.15) is 52.4 Å². The van der Waals surface area contributed by atoms with Crippen LogP contribution in [0.5, 0.6) is 0 Å². The molecule has 0 spiro atoms. The zero-order valence-electron chi connectivity index (χ0n) is 11.9. The molecule has 0 unspecified atom stereocenters. The molecule has 0 radical (unpaired) electrons. The first-order valence-electron chi connectivity index (χ1n) is 6.68. The van der Waals surface area contributed by atoms with Gasteiger partial charge in [-0.05, 0) is 25.2 Å². The van der Waals surface area contributed by atoms with Gasteiger partial charge in [-0.1, -0.05) is 33.1 Å². The third-order valence-corrected chi connectivity index (χ3v) is 2.95. The molecule has 0 atom stereocenters. The van der Waals surface area contributed by atoms with Gasteiger partial charge in [0.05, 0.1) is 0 Å². The molecule has 1 rings (SSSR count). The topological polar surface area (TPSA) is 63.6 Å². The molecule has 1 saturated carbocycles. The first-order valence-corrected chi connectivity index (χ1v) is 6.68. The lowest BCUT2D eigenvalue weighted by atomic mass is 9.84. The van der Waals surface area contributed by atoms with Gasteiger partial charge in [0.1, 0.15) is 6.29 Å². The fourth-order valence-electron chi connectivity index (χ4n) is 1.71. The van der Waals surface area contributed by atoms with Crippen molar-refractivity contribution in [2.75, 3.05) is 13.7 Å². The second kappa shape index (κ2) is 16.1. The highest BCUT2D eigenvalue weighted by atomic mass is 16.5. The molecule has 0 aromatic heterocycles. The summed E-state index contributed by atoms with van der Waals surface area (Å²) in [5.41, 5.74) is 0. The van der Waals surface area contributed by atoms with Crippen molar-refractivity contribution in [3.63, 3.8) is 0 Å². The highest BCUT2D eigenvalue weighted by Crippen LogP contribution is 2.26. The maximum absolute atomic E-state index is 10.3. The number of carbonyl (C=O) groups excluding carboxylic acids is 1.